The van der Waals surface area contributed by atoms with E-state index in [0.29, 0.717) is 13.2 Å². The quantitative estimate of drug-likeness (QED) is 0.903. The molecule has 2 aromatic rings. The highest BCUT2D eigenvalue weighted by Gasteiger charge is 2.22. The lowest BCUT2D eigenvalue weighted by atomic mass is 10.0. The highest BCUT2D eigenvalue weighted by atomic mass is 16.6. The van der Waals surface area contributed by atoms with Crippen molar-refractivity contribution in [2.75, 3.05) is 19.8 Å². The topological polar surface area (TPSA) is 61.2 Å². The van der Waals surface area contributed by atoms with Crippen molar-refractivity contribution in [1.29, 1.82) is 0 Å². The molecular weight excluding hydrogens is 268 g/mol. The van der Waals surface area contributed by atoms with Gasteiger partial charge in [-0.15, -0.1) is 5.10 Å². The number of nitrogens with zero attached hydrogens (tertiary/aromatic N) is 3. The van der Waals surface area contributed by atoms with E-state index in [1.807, 2.05) is 25.4 Å². The molecule has 1 N–H and O–H groups in total. The van der Waals surface area contributed by atoms with Crippen molar-refractivity contribution in [3.8, 4) is 11.5 Å². The molecular formula is C15H20N4O2. The summed E-state index contributed by atoms with van der Waals surface area (Å²) in [4.78, 5) is 0. The number of hydrogen-bond acceptors (Lipinski definition) is 5. The third-order valence-electron chi connectivity index (χ3n) is 3.49. The summed E-state index contributed by atoms with van der Waals surface area (Å²) < 4.78 is 13.2. The zero-order chi connectivity index (χ0) is 14.7. The Hall–Kier alpha value is -2.08. The number of aromatic nitrogens is 3. The number of hydrogen-bond donors (Lipinski definition) is 1. The lowest BCUT2D eigenvalue weighted by Crippen LogP contribution is -2.25. The molecule has 0 spiro atoms. The van der Waals surface area contributed by atoms with Gasteiger partial charge < -0.3 is 14.8 Å². The van der Waals surface area contributed by atoms with Crippen LogP contribution in [-0.4, -0.2) is 34.8 Å². The Balaban J connectivity index is 1.90. The number of nitrogens with one attached hydrogen (secondary N) is 1. The first-order chi connectivity index (χ1) is 10.3. The summed E-state index contributed by atoms with van der Waals surface area (Å²) >= 11 is 0. The molecule has 6 heteroatoms. The van der Waals surface area contributed by atoms with Gasteiger partial charge in [0.15, 0.2) is 11.5 Å². The van der Waals surface area contributed by atoms with Crippen molar-refractivity contribution >= 4 is 0 Å². The second-order valence-electron chi connectivity index (χ2n) is 5.07. The Labute approximate surface area is 124 Å². The molecule has 1 aliphatic heterocycles. The number of aryl methyl sites for hydroxylation is 1. The van der Waals surface area contributed by atoms with E-state index in [9.17, 15) is 0 Å². The van der Waals surface area contributed by atoms with Gasteiger partial charge in [0.1, 0.15) is 13.2 Å². The zero-order valence-electron chi connectivity index (χ0n) is 12.4. The average molecular weight is 288 g/mol. The van der Waals surface area contributed by atoms with Gasteiger partial charge in [0.2, 0.25) is 0 Å². The molecule has 3 rings (SSSR count). The number of ether oxygens (including phenoxy) is 2. The van der Waals surface area contributed by atoms with Crippen molar-refractivity contribution in [3.63, 3.8) is 0 Å². The Morgan fingerprint density at radius 3 is 2.95 bits per heavy atom. The van der Waals surface area contributed by atoms with Gasteiger partial charge in [0, 0.05) is 31.3 Å². The van der Waals surface area contributed by atoms with Crippen molar-refractivity contribution in [2.45, 2.75) is 19.4 Å². The molecule has 0 aliphatic carbocycles. The highest BCUT2D eigenvalue weighted by molar-refractivity contribution is 5.49. The normalized spacial score (nSPS) is 15.0. The van der Waals surface area contributed by atoms with Crippen molar-refractivity contribution < 1.29 is 9.47 Å². The lowest BCUT2D eigenvalue weighted by molar-refractivity contribution is 0.168. The van der Waals surface area contributed by atoms with Gasteiger partial charge in [-0.3, -0.25) is 4.68 Å². The molecule has 1 aromatic carbocycles. The van der Waals surface area contributed by atoms with Gasteiger partial charge in [0.25, 0.3) is 0 Å². The SMILES string of the molecule is CCNC(Cc1cn(C)nn1)c1cccc2c1OCCO2. The summed E-state index contributed by atoms with van der Waals surface area (Å²) in [6.07, 6.45) is 2.71. The first kappa shape index (κ1) is 13.9. The number of benzene rings is 1. The first-order valence-corrected chi connectivity index (χ1v) is 7.25. The minimum atomic E-state index is 0.128. The maximum Gasteiger partial charge on any atom is 0.166 e. The predicted molar refractivity (Wildman–Crippen MR) is 78.6 cm³/mol. The molecule has 6 nitrogen and oxygen atoms in total. The van der Waals surface area contributed by atoms with E-state index in [1.54, 1.807) is 4.68 Å². The van der Waals surface area contributed by atoms with Crippen LogP contribution in [0.1, 0.15) is 24.2 Å². The molecule has 0 amide bonds. The fourth-order valence-electron chi connectivity index (χ4n) is 2.61. The van der Waals surface area contributed by atoms with Crippen LogP contribution in [0.4, 0.5) is 0 Å². The van der Waals surface area contributed by atoms with Crippen LogP contribution in [0.25, 0.3) is 0 Å². The number of fused-ring (bicyclic) bond motifs is 1. The number of para-hydroxylation sites is 1. The van der Waals surface area contributed by atoms with Crippen molar-refractivity contribution in [3.05, 3.63) is 35.7 Å². The highest BCUT2D eigenvalue weighted by Crippen LogP contribution is 2.37. The van der Waals surface area contributed by atoms with Crippen LogP contribution >= 0.6 is 0 Å². The van der Waals surface area contributed by atoms with Gasteiger partial charge >= 0.3 is 0 Å². The third kappa shape index (κ3) is 3.00. The maximum absolute atomic E-state index is 5.82. The van der Waals surface area contributed by atoms with Crippen LogP contribution in [0.15, 0.2) is 24.4 Å². The summed E-state index contributed by atoms with van der Waals surface area (Å²) in [5.41, 5.74) is 2.07. The van der Waals surface area contributed by atoms with E-state index in [0.717, 1.165) is 35.7 Å². The lowest BCUT2D eigenvalue weighted by Gasteiger charge is -2.25. The fourth-order valence-corrected chi connectivity index (χ4v) is 2.61. The summed E-state index contributed by atoms with van der Waals surface area (Å²) in [5, 5.41) is 11.7. The van der Waals surface area contributed by atoms with Gasteiger partial charge in [-0.05, 0) is 12.6 Å². The predicted octanol–water partition coefficient (Wildman–Crippen LogP) is 1.48. The summed E-state index contributed by atoms with van der Waals surface area (Å²) in [6, 6.07) is 6.16. The van der Waals surface area contributed by atoms with E-state index >= 15 is 0 Å². The molecule has 1 aromatic heterocycles. The van der Waals surface area contributed by atoms with Crippen LogP contribution in [-0.2, 0) is 13.5 Å². The van der Waals surface area contributed by atoms with Crippen LogP contribution in [0.3, 0.4) is 0 Å². The molecule has 1 atom stereocenters. The van der Waals surface area contributed by atoms with Gasteiger partial charge in [-0.25, -0.2) is 0 Å². The minimum absolute atomic E-state index is 0.128. The van der Waals surface area contributed by atoms with E-state index in [4.69, 9.17) is 9.47 Å². The van der Waals surface area contributed by atoms with E-state index in [-0.39, 0.29) is 6.04 Å². The monoisotopic (exact) mass is 288 g/mol. The molecule has 0 saturated heterocycles. The largest absolute Gasteiger partial charge is 0.486 e. The van der Waals surface area contributed by atoms with Crippen LogP contribution < -0.4 is 14.8 Å². The Bertz CT molecular complexity index is 611. The average Bonchev–Trinajstić information content (AvgIpc) is 2.91. The smallest absolute Gasteiger partial charge is 0.166 e. The zero-order valence-corrected chi connectivity index (χ0v) is 12.4. The molecule has 112 valence electrons. The van der Waals surface area contributed by atoms with E-state index in [2.05, 4.69) is 28.6 Å². The molecule has 0 bridgehead atoms. The van der Waals surface area contributed by atoms with Crippen LogP contribution in [0, 0.1) is 0 Å². The second kappa shape index (κ2) is 6.13. The molecule has 0 fully saturated rings. The third-order valence-corrected chi connectivity index (χ3v) is 3.49. The van der Waals surface area contributed by atoms with E-state index in [1.165, 1.54) is 0 Å². The maximum atomic E-state index is 5.82. The molecule has 1 aliphatic rings. The second-order valence-corrected chi connectivity index (χ2v) is 5.07. The van der Waals surface area contributed by atoms with E-state index < -0.39 is 0 Å². The summed E-state index contributed by atoms with van der Waals surface area (Å²) in [6.45, 7) is 4.16. The van der Waals surface area contributed by atoms with Crippen LogP contribution in [0.5, 0.6) is 11.5 Å². The standard InChI is InChI=1S/C15H20N4O2/c1-3-16-13(9-11-10-19(2)18-17-11)12-5-4-6-14-15(12)21-8-7-20-14/h4-6,10,13,16H,3,7-9H2,1-2H3. The molecule has 0 saturated carbocycles. The summed E-state index contributed by atoms with van der Waals surface area (Å²) in [7, 11) is 1.88. The van der Waals surface area contributed by atoms with Crippen LogP contribution in [0.2, 0.25) is 0 Å². The molecule has 1 unspecified atom stereocenters. The van der Waals surface area contributed by atoms with Crippen molar-refractivity contribution in [2.24, 2.45) is 7.05 Å². The first-order valence-electron chi connectivity index (χ1n) is 7.25. The molecule has 21 heavy (non-hydrogen) atoms. The number of rotatable bonds is 5. The molecule has 2 heterocycles. The molecule has 0 radical (unpaired) electrons. The van der Waals surface area contributed by atoms with Crippen molar-refractivity contribution in [1.82, 2.24) is 20.3 Å². The fraction of sp³-hybridized carbons (Fsp3) is 0.467. The summed E-state index contributed by atoms with van der Waals surface area (Å²) in [5.74, 6) is 1.67. The Morgan fingerprint density at radius 2 is 2.19 bits per heavy atom. The Kier molecular flexibility index (Phi) is 4.06. The van der Waals surface area contributed by atoms with Gasteiger partial charge in [-0.2, -0.15) is 0 Å². The van der Waals surface area contributed by atoms with Gasteiger partial charge in [-0.1, -0.05) is 24.3 Å². The minimum Gasteiger partial charge on any atom is -0.486 e. The van der Waals surface area contributed by atoms with Gasteiger partial charge in [0.05, 0.1) is 5.69 Å². The number of likely N-dealkylation sites (N-methyl/N-ethyl adjacent to an activating group) is 1. The Morgan fingerprint density at radius 1 is 1.33 bits per heavy atom.